The van der Waals surface area contributed by atoms with Gasteiger partial charge in [-0.3, -0.25) is 4.79 Å². The molecule has 0 aliphatic carbocycles. The van der Waals surface area contributed by atoms with Crippen LogP contribution in [0.1, 0.15) is 11.1 Å². The Hall–Kier alpha value is -3.06. The third-order valence-electron chi connectivity index (χ3n) is 5.31. The van der Waals surface area contributed by atoms with Crippen molar-refractivity contribution >= 4 is 12.0 Å². The number of rotatable bonds is 7. The van der Waals surface area contributed by atoms with E-state index in [1.807, 2.05) is 17.0 Å². The average molecular weight is 415 g/mol. The Bertz CT molecular complexity index is 908. The van der Waals surface area contributed by atoms with Crippen molar-refractivity contribution in [3.05, 3.63) is 59.4 Å². The van der Waals surface area contributed by atoms with Gasteiger partial charge in [-0.05, 0) is 36.4 Å². The number of halogens is 1. The van der Waals surface area contributed by atoms with Crippen molar-refractivity contribution in [2.24, 2.45) is 0 Å². The van der Waals surface area contributed by atoms with Crippen molar-refractivity contribution in [3.8, 4) is 17.2 Å². The Kier molecular flexibility index (Phi) is 7.30. The molecule has 3 rings (SSSR count). The Morgan fingerprint density at radius 2 is 1.77 bits per heavy atom. The molecule has 7 heteroatoms. The predicted molar refractivity (Wildman–Crippen MR) is 113 cm³/mol. The number of amides is 1. The summed E-state index contributed by atoms with van der Waals surface area (Å²) in [5.41, 5.74) is 1.66. The highest BCUT2D eigenvalue weighted by Gasteiger charge is 2.23. The number of carbonyl (C=O) groups is 1. The van der Waals surface area contributed by atoms with Crippen LogP contribution in [0.25, 0.3) is 6.08 Å². The normalized spacial score (nSPS) is 14.7. The van der Waals surface area contributed by atoms with Gasteiger partial charge in [-0.25, -0.2) is 4.39 Å². The zero-order valence-electron chi connectivity index (χ0n) is 17.6. The summed E-state index contributed by atoms with van der Waals surface area (Å²) < 4.78 is 29.5. The third-order valence-corrected chi connectivity index (χ3v) is 5.31. The Morgan fingerprint density at radius 3 is 2.43 bits per heavy atom. The van der Waals surface area contributed by atoms with Crippen LogP contribution in [0.3, 0.4) is 0 Å². The van der Waals surface area contributed by atoms with Crippen LogP contribution in [-0.4, -0.2) is 58.3 Å². The van der Waals surface area contributed by atoms with Crippen LogP contribution in [0.5, 0.6) is 17.2 Å². The fraction of sp³-hybridized carbons (Fsp3) is 0.348. The average Bonchev–Trinajstić information content (AvgIpc) is 2.78. The van der Waals surface area contributed by atoms with Gasteiger partial charge in [0.25, 0.3) is 0 Å². The van der Waals surface area contributed by atoms with Crippen molar-refractivity contribution in [3.63, 3.8) is 0 Å². The molecule has 1 heterocycles. The second kappa shape index (κ2) is 10.1. The molecule has 1 amide bonds. The summed E-state index contributed by atoms with van der Waals surface area (Å²) in [5.74, 6) is 1.74. The van der Waals surface area contributed by atoms with E-state index in [4.69, 9.17) is 14.2 Å². The maximum atomic E-state index is 13.6. The highest BCUT2D eigenvalue weighted by molar-refractivity contribution is 5.92. The van der Waals surface area contributed by atoms with Gasteiger partial charge in [0, 0.05) is 17.7 Å². The van der Waals surface area contributed by atoms with Gasteiger partial charge in [-0.1, -0.05) is 0 Å². The van der Waals surface area contributed by atoms with Gasteiger partial charge < -0.3 is 24.0 Å². The summed E-state index contributed by atoms with van der Waals surface area (Å²) in [4.78, 5) is 15.7. The number of nitrogens with one attached hydrogen (secondary N) is 1. The minimum atomic E-state index is -0.266. The fourth-order valence-electron chi connectivity index (χ4n) is 3.60. The minimum absolute atomic E-state index is 0.0322. The maximum Gasteiger partial charge on any atom is 0.246 e. The molecule has 1 N–H and O–H groups in total. The molecule has 2 aromatic carbocycles. The van der Waals surface area contributed by atoms with Gasteiger partial charge in [0.1, 0.15) is 29.6 Å². The molecule has 1 saturated heterocycles. The summed E-state index contributed by atoms with van der Waals surface area (Å²) in [5, 5.41) is 0. The summed E-state index contributed by atoms with van der Waals surface area (Å²) in [6.07, 6.45) is 3.34. The van der Waals surface area contributed by atoms with E-state index >= 15 is 0 Å². The fourth-order valence-corrected chi connectivity index (χ4v) is 3.60. The number of hydrogen-bond acceptors (Lipinski definition) is 4. The molecule has 0 radical (unpaired) electrons. The van der Waals surface area contributed by atoms with Crippen molar-refractivity contribution in [2.45, 2.75) is 6.54 Å². The first-order valence-electron chi connectivity index (χ1n) is 9.89. The lowest BCUT2D eigenvalue weighted by Gasteiger charge is -2.32. The lowest BCUT2D eigenvalue weighted by atomic mass is 10.1. The highest BCUT2D eigenvalue weighted by Crippen LogP contribution is 2.25. The van der Waals surface area contributed by atoms with E-state index in [0.717, 1.165) is 24.2 Å². The smallest absolute Gasteiger partial charge is 0.246 e. The Morgan fingerprint density at radius 1 is 1.03 bits per heavy atom. The molecular weight excluding hydrogens is 387 g/mol. The third kappa shape index (κ3) is 5.30. The quantitative estimate of drug-likeness (QED) is 0.701. The molecule has 2 aromatic rings. The Balaban J connectivity index is 1.57. The molecule has 30 heavy (non-hydrogen) atoms. The van der Waals surface area contributed by atoms with Gasteiger partial charge in [0.15, 0.2) is 0 Å². The SMILES string of the molecule is COc1ccc(/C=C/C(=O)N2CC[NH+](Cc3cc(F)ccc3OC)CC2)c(OC)c1. The number of benzene rings is 2. The molecule has 0 bridgehead atoms. The molecule has 0 spiro atoms. The van der Waals surface area contributed by atoms with Crippen molar-refractivity contribution in [2.75, 3.05) is 47.5 Å². The summed E-state index contributed by atoms with van der Waals surface area (Å²) in [6, 6.07) is 10.0. The summed E-state index contributed by atoms with van der Waals surface area (Å²) >= 11 is 0. The molecule has 6 nitrogen and oxygen atoms in total. The van der Waals surface area contributed by atoms with Gasteiger partial charge in [-0.15, -0.1) is 0 Å². The van der Waals surface area contributed by atoms with Crippen LogP contribution in [0, 0.1) is 5.82 Å². The zero-order valence-corrected chi connectivity index (χ0v) is 17.6. The van der Waals surface area contributed by atoms with Crippen molar-refractivity contribution in [1.82, 2.24) is 4.90 Å². The number of ether oxygens (including phenoxy) is 3. The van der Waals surface area contributed by atoms with E-state index in [0.29, 0.717) is 36.9 Å². The van der Waals surface area contributed by atoms with Crippen LogP contribution >= 0.6 is 0 Å². The molecule has 0 aromatic heterocycles. The first-order chi connectivity index (χ1) is 14.5. The molecule has 1 aliphatic rings. The largest absolute Gasteiger partial charge is 0.497 e. The van der Waals surface area contributed by atoms with Crippen LogP contribution in [0.2, 0.25) is 0 Å². The van der Waals surface area contributed by atoms with Crippen LogP contribution in [0.15, 0.2) is 42.5 Å². The number of quaternary nitrogens is 1. The number of hydrogen-bond donors (Lipinski definition) is 1. The number of nitrogens with zero attached hydrogens (tertiary/aromatic N) is 1. The lowest BCUT2D eigenvalue weighted by Crippen LogP contribution is -3.13. The molecule has 0 unspecified atom stereocenters. The van der Waals surface area contributed by atoms with E-state index in [-0.39, 0.29) is 11.7 Å². The molecule has 1 aliphatic heterocycles. The van der Waals surface area contributed by atoms with E-state index in [1.54, 1.807) is 45.6 Å². The zero-order chi connectivity index (χ0) is 21.5. The topological polar surface area (TPSA) is 52.4 Å². The van der Waals surface area contributed by atoms with Crippen LogP contribution < -0.4 is 19.1 Å². The molecular formula is C23H28FN2O4+. The van der Waals surface area contributed by atoms with E-state index in [1.165, 1.54) is 17.0 Å². The molecule has 1 fully saturated rings. The standard InChI is InChI=1S/C23H27FN2O4/c1-28-20-7-4-17(22(15-20)30-3)5-9-23(27)26-12-10-25(11-13-26)16-18-14-19(24)6-8-21(18)29-2/h4-9,14-15H,10-13,16H2,1-3H3/p+1/b9-5+. The number of piperazine rings is 1. The monoisotopic (exact) mass is 415 g/mol. The molecule has 0 saturated carbocycles. The molecule has 160 valence electrons. The first kappa shape index (κ1) is 21.6. The molecule has 0 atom stereocenters. The van der Waals surface area contributed by atoms with Gasteiger partial charge in [0.2, 0.25) is 5.91 Å². The predicted octanol–water partition coefficient (Wildman–Crippen LogP) is 1.79. The van der Waals surface area contributed by atoms with Crippen molar-refractivity contribution < 1.29 is 28.3 Å². The van der Waals surface area contributed by atoms with E-state index in [2.05, 4.69) is 0 Å². The van der Waals surface area contributed by atoms with Gasteiger partial charge in [0.05, 0.1) is 53.1 Å². The minimum Gasteiger partial charge on any atom is -0.497 e. The summed E-state index contributed by atoms with van der Waals surface area (Å²) in [6.45, 7) is 3.56. The second-order valence-corrected chi connectivity index (χ2v) is 7.15. The van der Waals surface area contributed by atoms with Crippen LogP contribution in [-0.2, 0) is 11.3 Å². The van der Waals surface area contributed by atoms with Gasteiger partial charge >= 0.3 is 0 Å². The lowest BCUT2D eigenvalue weighted by molar-refractivity contribution is -0.917. The number of carbonyl (C=O) groups excluding carboxylic acids is 1. The first-order valence-corrected chi connectivity index (χ1v) is 9.89. The van der Waals surface area contributed by atoms with Crippen LogP contribution in [0.4, 0.5) is 4.39 Å². The maximum absolute atomic E-state index is 13.6. The number of methoxy groups -OCH3 is 3. The summed E-state index contributed by atoms with van der Waals surface area (Å²) in [7, 11) is 4.77. The van der Waals surface area contributed by atoms with E-state index in [9.17, 15) is 9.18 Å². The second-order valence-electron chi connectivity index (χ2n) is 7.15. The van der Waals surface area contributed by atoms with Gasteiger partial charge in [-0.2, -0.15) is 0 Å². The van der Waals surface area contributed by atoms with E-state index < -0.39 is 0 Å². The Labute approximate surface area is 176 Å². The van der Waals surface area contributed by atoms with Crippen molar-refractivity contribution in [1.29, 1.82) is 0 Å². The highest BCUT2D eigenvalue weighted by atomic mass is 19.1.